The average molecular weight is 267 g/mol. The molecule has 0 N–H and O–H groups in total. The number of hydrogen-bond acceptors (Lipinski definition) is 4. The van der Waals surface area contributed by atoms with E-state index in [0.29, 0.717) is 10.9 Å². The summed E-state index contributed by atoms with van der Waals surface area (Å²) in [4.78, 5) is 17.3. The number of benzene rings is 2. The van der Waals surface area contributed by atoms with E-state index in [2.05, 4.69) is 4.98 Å². The Morgan fingerprint density at radius 1 is 1.05 bits per heavy atom. The third kappa shape index (κ3) is 1.84. The summed E-state index contributed by atoms with van der Waals surface area (Å²) in [5.74, 6) is 0. The van der Waals surface area contributed by atoms with Crippen molar-refractivity contribution in [3.8, 4) is 0 Å². The van der Waals surface area contributed by atoms with Crippen LogP contribution in [0.25, 0.3) is 21.8 Å². The average Bonchev–Trinajstić information content (AvgIpc) is 2.43. The molecule has 0 spiro atoms. The van der Waals surface area contributed by atoms with Crippen molar-refractivity contribution in [1.29, 1.82) is 0 Å². The van der Waals surface area contributed by atoms with Crippen molar-refractivity contribution in [2.75, 3.05) is 19.0 Å². The Balaban J connectivity index is 2.45. The third-order valence-electron chi connectivity index (χ3n) is 3.33. The number of non-ortho nitro benzene ring substituents is 1. The molecule has 0 radical (unpaired) electrons. The second-order valence-corrected chi connectivity index (χ2v) is 4.83. The van der Waals surface area contributed by atoms with Gasteiger partial charge in [-0.05, 0) is 24.3 Å². The van der Waals surface area contributed by atoms with Gasteiger partial charge < -0.3 is 4.90 Å². The largest absolute Gasteiger partial charge is 0.377 e. The first-order valence-electron chi connectivity index (χ1n) is 6.22. The van der Waals surface area contributed by atoms with Crippen LogP contribution in [0.2, 0.25) is 0 Å². The topological polar surface area (TPSA) is 59.3 Å². The first kappa shape index (κ1) is 12.3. The van der Waals surface area contributed by atoms with Crippen molar-refractivity contribution >= 4 is 33.2 Å². The molecular formula is C15H13N3O2. The number of nitrogens with zero attached hydrogens (tertiary/aromatic N) is 3. The Bertz CT molecular complexity index is 828. The van der Waals surface area contributed by atoms with E-state index in [1.807, 2.05) is 43.3 Å². The van der Waals surface area contributed by atoms with Crippen LogP contribution in [0.5, 0.6) is 0 Å². The summed E-state index contributed by atoms with van der Waals surface area (Å²) >= 11 is 0. The molecule has 100 valence electrons. The number of fused-ring (bicyclic) bond motifs is 2. The highest BCUT2D eigenvalue weighted by molar-refractivity contribution is 6.02. The van der Waals surface area contributed by atoms with E-state index in [-0.39, 0.29) is 10.6 Å². The van der Waals surface area contributed by atoms with E-state index in [4.69, 9.17) is 0 Å². The Morgan fingerprint density at radius 2 is 1.70 bits per heavy atom. The van der Waals surface area contributed by atoms with Gasteiger partial charge in [0.15, 0.2) is 0 Å². The Morgan fingerprint density at radius 3 is 2.35 bits per heavy atom. The molecule has 3 aromatic rings. The lowest BCUT2D eigenvalue weighted by molar-refractivity contribution is -0.383. The molecule has 0 aliphatic carbocycles. The van der Waals surface area contributed by atoms with Crippen LogP contribution in [0, 0.1) is 10.1 Å². The van der Waals surface area contributed by atoms with Crippen molar-refractivity contribution in [2.24, 2.45) is 0 Å². The number of nitro benzene ring substituents is 1. The summed E-state index contributed by atoms with van der Waals surface area (Å²) in [7, 11) is 3.89. The molecule has 1 aromatic heterocycles. The summed E-state index contributed by atoms with van der Waals surface area (Å²) in [6, 6.07) is 12.7. The van der Waals surface area contributed by atoms with Gasteiger partial charge in [-0.2, -0.15) is 0 Å². The van der Waals surface area contributed by atoms with Crippen LogP contribution < -0.4 is 4.90 Å². The molecule has 2 aromatic carbocycles. The summed E-state index contributed by atoms with van der Waals surface area (Å²) in [5, 5.41) is 12.6. The predicted octanol–water partition coefficient (Wildman–Crippen LogP) is 3.36. The van der Waals surface area contributed by atoms with Gasteiger partial charge in [-0.3, -0.25) is 10.1 Å². The smallest absolute Gasteiger partial charge is 0.278 e. The van der Waals surface area contributed by atoms with Gasteiger partial charge in [0.1, 0.15) is 0 Å². The van der Waals surface area contributed by atoms with Crippen LogP contribution in [0.3, 0.4) is 0 Å². The lowest BCUT2D eigenvalue weighted by Crippen LogP contribution is -2.09. The molecule has 0 atom stereocenters. The number of nitro groups is 1. The maximum atomic E-state index is 11.1. The zero-order chi connectivity index (χ0) is 14.3. The first-order valence-corrected chi connectivity index (χ1v) is 6.22. The molecule has 0 saturated carbocycles. The Labute approximate surface area is 115 Å². The molecule has 5 nitrogen and oxygen atoms in total. The number of hydrogen-bond donors (Lipinski definition) is 0. The van der Waals surface area contributed by atoms with Crippen molar-refractivity contribution in [3.63, 3.8) is 0 Å². The molecule has 0 fully saturated rings. The maximum Gasteiger partial charge on any atom is 0.278 e. The van der Waals surface area contributed by atoms with E-state index >= 15 is 0 Å². The van der Waals surface area contributed by atoms with Crippen LogP contribution in [0.15, 0.2) is 42.5 Å². The van der Waals surface area contributed by atoms with E-state index in [1.54, 1.807) is 12.1 Å². The molecule has 20 heavy (non-hydrogen) atoms. The van der Waals surface area contributed by atoms with Crippen LogP contribution >= 0.6 is 0 Å². The molecular weight excluding hydrogens is 254 g/mol. The van der Waals surface area contributed by atoms with Gasteiger partial charge in [-0.1, -0.05) is 12.1 Å². The van der Waals surface area contributed by atoms with Crippen molar-refractivity contribution in [1.82, 2.24) is 4.98 Å². The first-order chi connectivity index (χ1) is 9.58. The number of pyridine rings is 1. The Kier molecular flexibility index (Phi) is 2.75. The van der Waals surface area contributed by atoms with E-state index in [0.717, 1.165) is 16.6 Å². The molecule has 0 aliphatic heterocycles. The zero-order valence-corrected chi connectivity index (χ0v) is 11.2. The van der Waals surface area contributed by atoms with Crippen LogP contribution in [0.1, 0.15) is 0 Å². The lowest BCUT2D eigenvalue weighted by Gasteiger charge is -2.15. The van der Waals surface area contributed by atoms with Gasteiger partial charge >= 0.3 is 0 Å². The second-order valence-electron chi connectivity index (χ2n) is 4.83. The molecule has 0 saturated heterocycles. The maximum absolute atomic E-state index is 11.1. The van der Waals surface area contributed by atoms with Crippen molar-refractivity contribution < 1.29 is 4.92 Å². The summed E-state index contributed by atoms with van der Waals surface area (Å²) in [6.45, 7) is 0. The Hall–Kier alpha value is -2.69. The third-order valence-corrected chi connectivity index (χ3v) is 3.33. The summed E-state index contributed by atoms with van der Waals surface area (Å²) < 4.78 is 0. The van der Waals surface area contributed by atoms with Crippen LogP contribution in [-0.2, 0) is 0 Å². The van der Waals surface area contributed by atoms with Gasteiger partial charge in [-0.25, -0.2) is 4.98 Å². The highest BCUT2D eigenvalue weighted by Gasteiger charge is 2.14. The van der Waals surface area contributed by atoms with E-state index in [9.17, 15) is 10.1 Å². The molecule has 0 bridgehead atoms. The van der Waals surface area contributed by atoms with Crippen molar-refractivity contribution in [2.45, 2.75) is 0 Å². The zero-order valence-electron chi connectivity index (χ0n) is 11.2. The summed E-state index contributed by atoms with van der Waals surface area (Å²) in [5.41, 5.74) is 2.56. The van der Waals surface area contributed by atoms with E-state index < -0.39 is 0 Å². The number of aromatic nitrogens is 1. The van der Waals surface area contributed by atoms with Gasteiger partial charge in [0, 0.05) is 31.2 Å². The lowest BCUT2D eigenvalue weighted by atomic mass is 10.1. The normalized spacial score (nSPS) is 10.9. The fraction of sp³-hybridized carbons (Fsp3) is 0.133. The monoisotopic (exact) mass is 267 g/mol. The molecule has 0 unspecified atom stereocenters. The second kappa shape index (κ2) is 4.45. The minimum atomic E-state index is -0.367. The molecule has 5 heteroatoms. The van der Waals surface area contributed by atoms with Gasteiger partial charge in [0.2, 0.25) is 0 Å². The minimum absolute atomic E-state index is 0.0884. The molecule has 0 aliphatic rings. The molecule has 0 amide bonds. The van der Waals surface area contributed by atoms with Crippen LogP contribution in [0.4, 0.5) is 11.4 Å². The SMILES string of the molecule is CN(C)c1cccc2nc3cccc([N+](=O)[O-])c3cc12. The summed E-state index contributed by atoms with van der Waals surface area (Å²) in [6.07, 6.45) is 0. The number of anilines is 1. The standard InChI is InChI=1S/C15H13N3O2/c1-17(2)14-7-3-5-12-10(14)9-11-13(16-12)6-4-8-15(11)18(19)20/h3-9H,1-2H3. The van der Waals surface area contributed by atoms with Gasteiger partial charge in [0.05, 0.1) is 21.3 Å². The van der Waals surface area contributed by atoms with Crippen LogP contribution in [-0.4, -0.2) is 24.0 Å². The number of rotatable bonds is 2. The highest BCUT2D eigenvalue weighted by atomic mass is 16.6. The molecule has 3 rings (SSSR count). The fourth-order valence-corrected chi connectivity index (χ4v) is 2.40. The molecule has 1 heterocycles. The van der Waals surface area contributed by atoms with Crippen molar-refractivity contribution in [3.05, 3.63) is 52.6 Å². The highest BCUT2D eigenvalue weighted by Crippen LogP contribution is 2.31. The quantitative estimate of drug-likeness (QED) is 0.406. The minimum Gasteiger partial charge on any atom is -0.377 e. The van der Waals surface area contributed by atoms with Gasteiger partial charge in [-0.15, -0.1) is 0 Å². The fourth-order valence-electron chi connectivity index (χ4n) is 2.40. The van der Waals surface area contributed by atoms with E-state index in [1.165, 1.54) is 6.07 Å². The predicted molar refractivity (Wildman–Crippen MR) is 80.2 cm³/mol. The van der Waals surface area contributed by atoms with Gasteiger partial charge in [0.25, 0.3) is 5.69 Å².